The number of hydrogen-bond acceptors (Lipinski definition) is 4. The van der Waals surface area contributed by atoms with Crippen molar-refractivity contribution < 1.29 is 9.84 Å². The molecule has 1 heterocycles. The zero-order chi connectivity index (χ0) is 20.7. The van der Waals surface area contributed by atoms with Crippen molar-refractivity contribution in [2.75, 3.05) is 39.5 Å². The Morgan fingerprint density at radius 2 is 1.20 bits per heavy atom. The van der Waals surface area contributed by atoms with Gasteiger partial charge in [-0.2, -0.15) is 0 Å². The molecule has 156 valence electrons. The molecule has 1 atom stereocenters. The molecular formula is C26H30N2O2. The van der Waals surface area contributed by atoms with Gasteiger partial charge >= 0.3 is 0 Å². The van der Waals surface area contributed by atoms with E-state index in [1.165, 1.54) is 0 Å². The Hall–Kier alpha value is -2.50. The lowest BCUT2D eigenvalue weighted by atomic mass is 9.76. The van der Waals surface area contributed by atoms with E-state index < -0.39 is 5.54 Å². The average molecular weight is 403 g/mol. The van der Waals surface area contributed by atoms with Crippen LogP contribution in [0.1, 0.15) is 16.7 Å². The third-order valence-electron chi connectivity index (χ3n) is 5.84. The monoisotopic (exact) mass is 402 g/mol. The van der Waals surface area contributed by atoms with Gasteiger partial charge in [-0.25, -0.2) is 0 Å². The highest BCUT2D eigenvalue weighted by Gasteiger charge is 2.38. The van der Waals surface area contributed by atoms with Crippen LogP contribution in [0, 0.1) is 0 Å². The van der Waals surface area contributed by atoms with Crippen molar-refractivity contribution in [1.82, 2.24) is 10.2 Å². The molecule has 30 heavy (non-hydrogen) atoms. The molecule has 1 unspecified atom stereocenters. The summed E-state index contributed by atoms with van der Waals surface area (Å²) in [5, 5.41) is 14.2. The molecule has 1 aliphatic heterocycles. The Bertz CT molecular complexity index is 784. The Labute approximate surface area is 179 Å². The van der Waals surface area contributed by atoms with Crippen LogP contribution in [-0.2, 0) is 10.3 Å². The largest absolute Gasteiger partial charge is 0.395 e. The van der Waals surface area contributed by atoms with E-state index in [-0.39, 0.29) is 12.6 Å². The van der Waals surface area contributed by atoms with Gasteiger partial charge < -0.3 is 9.84 Å². The second-order valence-corrected chi connectivity index (χ2v) is 7.78. The molecule has 0 radical (unpaired) electrons. The zero-order valence-corrected chi connectivity index (χ0v) is 17.3. The topological polar surface area (TPSA) is 44.7 Å². The van der Waals surface area contributed by atoms with E-state index in [4.69, 9.17) is 4.74 Å². The molecule has 3 aromatic rings. The van der Waals surface area contributed by atoms with Crippen LogP contribution in [0.3, 0.4) is 0 Å². The van der Waals surface area contributed by atoms with Crippen LogP contribution in [0.15, 0.2) is 91.0 Å². The summed E-state index contributed by atoms with van der Waals surface area (Å²) in [6.45, 7) is 4.12. The van der Waals surface area contributed by atoms with Crippen LogP contribution in [0.5, 0.6) is 0 Å². The fourth-order valence-corrected chi connectivity index (χ4v) is 4.37. The van der Waals surface area contributed by atoms with Crippen molar-refractivity contribution in [3.05, 3.63) is 108 Å². The number of rotatable bonds is 8. The first kappa shape index (κ1) is 20.8. The van der Waals surface area contributed by atoms with E-state index in [0.29, 0.717) is 0 Å². The van der Waals surface area contributed by atoms with Gasteiger partial charge in [0.1, 0.15) is 0 Å². The number of benzene rings is 3. The Balaban J connectivity index is 1.79. The Morgan fingerprint density at radius 1 is 0.767 bits per heavy atom. The third-order valence-corrected chi connectivity index (χ3v) is 5.84. The highest BCUT2D eigenvalue weighted by molar-refractivity contribution is 5.49. The van der Waals surface area contributed by atoms with E-state index in [0.717, 1.165) is 49.5 Å². The standard InChI is InChI=1S/C26H30N2O2/c29-21-25(20-28-16-18-30-19-17-28)27-26(22-10-4-1-5-11-22,23-12-6-2-7-13-23)24-14-8-3-9-15-24/h1-15,25,27,29H,16-21H2. The zero-order valence-electron chi connectivity index (χ0n) is 17.3. The summed E-state index contributed by atoms with van der Waals surface area (Å²) in [5.41, 5.74) is 2.90. The normalized spacial score (nSPS) is 16.3. The lowest BCUT2D eigenvalue weighted by molar-refractivity contribution is 0.0283. The summed E-state index contributed by atoms with van der Waals surface area (Å²) in [4.78, 5) is 2.36. The first-order valence-corrected chi connectivity index (χ1v) is 10.7. The molecule has 0 saturated carbocycles. The van der Waals surface area contributed by atoms with Gasteiger partial charge in [-0.05, 0) is 16.7 Å². The molecule has 4 rings (SSSR count). The second kappa shape index (κ2) is 10.0. The van der Waals surface area contributed by atoms with E-state index in [9.17, 15) is 5.11 Å². The lowest BCUT2D eigenvalue weighted by Crippen LogP contribution is -2.55. The number of aliphatic hydroxyl groups is 1. The van der Waals surface area contributed by atoms with Crippen LogP contribution in [-0.4, -0.2) is 55.5 Å². The molecule has 0 amide bonds. The van der Waals surface area contributed by atoms with Gasteiger partial charge in [0.15, 0.2) is 0 Å². The smallest absolute Gasteiger partial charge is 0.0951 e. The molecule has 4 nitrogen and oxygen atoms in total. The van der Waals surface area contributed by atoms with Crippen LogP contribution in [0.25, 0.3) is 0 Å². The maximum Gasteiger partial charge on any atom is 0.0951 e. The van der Waals surface area contributed by atoms with Gasteiger partial charge in [0.2, 0.25) is 0 Å². The molecule has 1 fully saturated rings. The molecule has 3 aromatic carbocycles. The highest BCUT2D eigenvalue weighted by Crippen LogP contribution is 2.37. The van der Waals surface area contributed by atoms with Crippen molar-refractivity contribution in [2.45, 2.75) is 11.6 Å². The summed E-state index contributed by atoms with van der Waals surface area (Å²) in [6, 6.07) is 31.5. The van der Waals surface area contributed by atoms with Gasteiger partial charge in [0.25, 0.3) is 0 Å². The number of hydrogen-bond donors (Lipinski definition) is 2. The van der Waals surface area contributed by atoms with Crippen LogP contribution in [0.4, 0.5) is 0 Å². The maximum atomic E-state index is 10.3. The Kier molecular flexibility index (Phi) is 6.92. The van der Waals surface area contributed by atoms with Crippen LogP contribution >= 0.6 is 0 Å². The molecule has 1 saturated heterocycles. The van der Waals surface area contributed by atoms with Crippen molar-refractivity contribution in [1.29, 1.82) is 0 Å². The fourth-order valence-electron chi connectivity index (χ4n) is 4.37. The minimum atomic E-state index is -0.566. The molecule has 4 heteroatoms. The van der Waals surface area contributed by atoms with Gasteiger partial charge in [0, 0.05) is 25.7 Å². The van der Waals surface area contributed by atoms with Crippen molar-refractivity contribution in [2.24, 2.45) is 0 Å². The minimum absolute atomic E-state index is 0.0611. The van der Waals surface area contributed by atoms with Crippen molar-refractivity contribution in [3.63, 3.8) is 0 Å². The predicted octanol–water partition coefficient (Wildman–Crippen LogP) is 3.26. The summed E-state index contributed by atoms with van der Waals surface area (Å²) in [5.74, 6) is 0. The highest BCUT2D eigenvalue weighted by atomic mass is 16.5. The van der Waals surface area contributed by atoms with Crippen molar-refractivity contribution >= 4 is 0 Å². The van der Waals surface area contributed by atoms with Gasteiger partial charge in [-0.15, -0.1) is 0 Å². The molecule has 2 N–H and O–H groups in total. The molecule has 0 bridgehead atoms. The fraction of sp³-hybridized carbons (Fsp3) is 0.308. The molecule has 0 spiro atoms. The van der Waals surface area contributed by atoms with Gasteiger partial charge in [-0.3, -0.25) is 10.2 Å². The van der Waals surface area contributed by atoms with Gasteiger partial charge in [0.05, 0.1) is 25.4 Å². The molecule has 0 aromatic heterocycles. The average Bonchev–Trinajstić information content (AvgIpc) is 2.84. The quantitative estimate of drug-likeness (QED) is 0.568. The van der Waals surface area contributed by atoms with Crippen molar-refractivity contribution in [3.8, 4) is 0 Å². The van der Waals surface area contributed by atoms with E-state index >= 15 is 0 Å². The minimum Gasteiger partial charge on any atom is -0.395 e. The van der Waals surface area contributed by atoms with Crippen LogP contribution in [0.2, 0.25) is 0 Å². The number of aliphatic hydroxyl groups excluding tert-OH is 1. The number of nitrogens with one attached hydrogen (secondary N) is 1. The van der Waals surface area contributed by atoms with Crippen LogP contribution < -0.4 is 5.32 Å². The summed E-state index contributed by atoms with van der Waals surface area (Å²) >= 11 is 0. The SMILES string of the molecule is OCC(CN1CCOCC1)NC(c1ccccc1)(c1ccccc1)c1ccccc1. The summed E-state index contributed by atoms with van der Waals surface area (Å²) in [6.07, 6.45) is 0. The second-order valence-electron chi connectivity index (χ2n) is 7.78. The predicted molar refractivity (Wildman–Crippen MR) is 120 cm³/mol. The molecular weight excluding hydrogens is 372 g/mol. The maximum absolute atomic E-state index is 10.3. The van der Waals surface area contributed by atoms with E-state index in [1.807, 2.05) is 18.2 Å². The number of ether oxygens (including phenoxy) is 1. The van der Waals surface area contributed by atoms with Gasteiger partial charge in [-0.1, -0.05) is 91.0 Å². The molecule has 0 aliphatic carbocycles. The molecule has 1 aliphatic rings. The lowest BCUT2D eigenvalue weighted by Gasteiger charge is -2.41. The Morgan fingerprint density at radius 3 is 1.60 bits per heavy atom. The van der Waals surface area contributed by atoms with E-state index in [2.05, 4.69) is 83.0 Å². The summed E-state index contributed by atoms with van der Waals surface area (Å²) in [7, 11) is 0. The first-order valence-electron chi connectivity index (χ1n) is 10.7. The van der Waals surface area contributed by atoms with E-state index in [1.54, 1.807) is 0 Å². The third kappa shape index (κ3) is 4.47. The number of nitrogens with zero attached hydrogens (tertiary/aromatic N) is 1. The summed E-state index contributed by atoms with van der Waals surface area (Å²) < 4.78 is 5.50. The number of morpholine rings is 1. The first-order chi connectivity index (χ1) is 14.8.